The summed E-state index contributed by atoms with van der Waals surface area (Å²) in [6.07, 6.45) is 5.17. The van der Waals surface area contributed by atoms with E-state index in [9.17, 15) is 0 Å². The topological polar surface area (TPSA) is 29.9 Å². The molecule has 0 amide bonds. The van der Waals surface area contributed by atoms with Crippen LogP contribution >= 0.6 is 0 Å². The molecule has 3 nitrogen and oxygen atoms in total. The van der Waals surface area contributed by atoms with Gasteiger partial charge in [-0.2, -0.15) is 0 Å². The van der Waals surface area contributed by atoms with Gasteiger partial charge >= 0.3 is 0 Å². The molecule has 1 N–H and O–H groups in total. The van der Waals surface area contributed by atoms with Crippen LogP contribution in [0.5, 0.6) is 0 Å². The molecule has 1 atom stereocenters. The highest BCUT2D eigenvalue weighted by atomic mass is 15.1. The van der Waals surface area contributed by atoms with Gasteiger partial charge in [0.2, 0.25) is 0 Å². The summed E-state index contributed by atoms with van der Waals surface area (Å²) in [5.74, 6) is 2.18. The summed E-state index contributed by atoms with van der Waals surface area (Å²) in [7, 11) is 2.08. The lowest BCUT2D eigenvalue weighted by atomic mass is 10.1. The summed E-state index contributed by atoms with van der Waals surface area (Å²) in [5, 5.41) is 3.46. The minimum absolute atomic E-state index is 0.564. The van der Waals surface area contributed by atoms with Crippen LogP contribution in [0.3, 0.4) is 0 Å². The maximum Gasteiger partial charge on any atom is 0.111 e. The summed E-state index contributed by atoms with van der Waals surface area (Å²) >= 11 is 0. The predicted octanol–water partition coefficient (Wildman–Crippen LogP) is 2.99. The molecule has 1 aliphatic rings. The number of fused-ring (bicyclic) bond motifs is 1. The van der Waals surface area contributed by atoms with Crippen LogP contribution in [0.4, 0.5) is 0 Å². The van der Waals surface area contributed by atoms with Gasteiger partial charge in [0.25, 0.3) is 0 Å². The molecule has 3 heteroatoms. The SMILES string of the molecule is CCn1c(CC(CC2CC2)NC)nc2ccccc21. The number of benzene rings is 1. The molecule has 1 aromatic carbocycles. The molecule has 1 unspecified atom stereocenters. The molecule has 1 aliphatic carbocycles. The van der Waals surface area contributed by atoms with E-state index in [2.05, 4.69) is 48.1 Å². The zero-order chi connectivity index (χ0) is 13.2. The lowest BCUT2D eigenvalue weighted by Crippen LogP contribution is -2.29. The largest absolute Gasteiger partial charge is 0.328 e. The number of nitrogens with one attached hydrogen (secondary N) is 1. The minimum atomic E-state index is 0.564. The minimum Gasteiger partial charge on any atom is -0.328 e. The molecule has 0 radical (unpaired) electrons. The number of likely N-dealkylation sites (N-methyl/N-ethyl adjacent to an activating group) is 1. The van der Waals surface area contributed by atoms with Crippen molar-refractivity contribution in [3.63, 3.8) is 0 Å². The van der Waals surface area contributed by atoms with Gasteiger partial charge in [0.1, 0.15) is 5.82 Å². The summed E-state index contributed by atoms with van der Waals surface area (Å²) in [6, 6.07) is 9.01. The second-order valence-corrected chi connectivity index (χ2v) is 5.63. The molecule has 1 heterocycles. The highest BCUT2D eigenvalue weighted by Gasteiger charge is 2.25. The number of para-hydroxylation sites is 2. The Bertz CT molecular complexity index is 554. The molecule has 0 aliphatic heterocycles. The third-order valence-corrected chi connectivity index (χ3v) is 4.20. The molecule has 1 saturated carbocycles. The van der Waals surface area contributed by atoms with Crippen molar-refractivity contribution in [2.75, 3.05) is 7.05 Å². The van der Waals surface area contributed by atoms with Gasteiger partial charge in [-0.1, -0.05) is 25.0 Å². The van der Waals surface area contributed by atoms with E-state index in [-0.39, 0.29) is 0 Å². The molecule has 102 valence electrons. The van der Waals surface area contributed by atoms with E-state index in [1.54, 1.807) is 0 Å². The number of imidazole rings is 1. The van der Waals surface area contributed by atoms with E-state index in [0.29, 0.717) is 6.04 Å². The van der Waals surface area contributed by atoms with Gasteiger partial charge in [-0.3, -0.25) is 0 Å². The van der Waals surface area contributed by atoms with Crippen LogP contribution in [0.1, 0.15) is 32.0 Å². The Morgan fingerprint density at radius 1 is 1.37 bits per heavy atom. The number of rotatable bonds is 6. The molecule has 3 rings (SSSR count). The summed E-state index contributed by atoms with van der Waals surface area (Å²) < 4.78 is 2.35. The van der Waals surface area contributed by atoms with Gasteiger partial charge in [0.05, 0.1) is 11.0 Å². The van der Waals surface area contributed by atoms with E-state index >= 15 is 0 Å². The second-order valence-electron chi connectivity index (χ2n) is 5.63. The first-order valence-corrected chi connectivity index (χ1v) is 7.43. The number of aromatic nitrogens is 2. The predicted molar refractivity (Wildman–Crippen MR) is 79.3 cm³/mol. The van der Waals surface area contributed by atoms with Gasteiger partial charge in [0, 0.05) is 19.0 Å². The third-order valence-electron chi connectivity index (χ3n) is 4.20. The highest BCUT2D eigenvalue weighted by molar-refractivity contribution is 5.75. The van der Waals surface area contributed by atoms with E-state index in [0.717, 1.165) is 24.4 Å². The molecule has 0 bridgehead atoms. The first-order valence-electron chi connectivity index (χ1n) is 7.43. The number of aryl methyl sites for hydroxylation is 1. The Hall–Kier alpha value is -1.35. The number of nitrogens with zero attached hydrogens (tertiary/aromatic N) is 2. The van der Waals surface area contributed by atoms with Crippen LogP contribution in [-0.4, -0.2) is 22.6 Å². The molecule has 1 aromatic heterocycles. The maximum atomic E-state index is 4.82. The van der Waals surface area contributed by atoms with Crippen molar-refractivity contribution in [3.8, 4) is 0 Å². The number of hydrogen-bond acceptors (Lipinski definition) is 2. The fourth-order valence-electron chi connectivity index (χ4n) is 2.91. The Kier molecular flexibility index (Phi) is 3.56. The Balaban J connectivity index is 1.85. The van der Waals surface area contributed by atoms with Gasteiger partial charge in [-0.05, 0) is 38.4 Å². The monoisotopic (exact) mass is 257 g/mol. The molecule has 0 spiro atoms. The highest BCUT2D eigenvalue weighted by Crippen LogP contribution is 2.34. The smallest absolute Gasteiger partial charge is 0.111 e. The van der Waals surface area contributed by atoms with Crippen LogP contribution in [0.25, 0.3) is 11.0 Å². The van der Waals surface area contributed by atoms with Crippen LogP contribution in [-0.2, 0) is 13.0 Å². The molecular formula is C16H23N3. The fraction of sp³-hybridized carbons (Fsp3) is 0.562. The van der Waals surface area contributed by atoms with Crippen molar-refractivity contribution >= 4 is 11.0 Å². The van der Waals surface area contributed by atoms with Crippen molar-refractivity contribution in [2.45, 2.75) is 45.2 Å². The Morgan fingerprint density at radius 3 is 2.84 bits per heavy atom. The van der Waals surface area contributed by atoms with Crippen molar-refractivity contribution in [1.82, 2.24) is 14.9 Å². The van der Waals surface area contributed by atoms with Gasteiger partial charge in [0.15, 0.2) is 0 Å². The summed E-state index contributed by atoms with van der Waals surface area (Å²) in [5.41, 5.74) is 2.39. The number of hydrogen-bond donors (Lipinski definition) is 1. The van der Waals surface area contributed by atoms with Crippen molar-refractivity contribution in [2.24, 2.45) is 5.92 Å². The molecule has 1 fully saturated rings. The van der Waals surface area contributed by atoms with Crippen LogP contribution in [0, 0.1) is 5.92 Å². The van der Waals surface area contributed by atoms with Crippen LogP contribution < -0.4 is 5.32 Å². The average molecular weight is 257 g/mol. The van der Waals surface area contributed by atoms with Crippen molar-refractivity contribution in [1.29, 1.82) is 0 Å². The van der Waals surface area contributed by atoms with Gasteiger partial charge in [-0.15, -0.1) is 0 Å². The van der Waals surface area contributed by atoms with E-state index < -0.39 is 0 Å². The van der Waals surface area contributed by atoms with E-state index in [4.69, 9.17) is 4.98 Å². The first-order chi connectivity index (χ1) is 9.31. The maximum absolute atomic E-state index is 4.82. The lowest BCUT2D eigenvalue weighted by Gasteiger charge is -2.16. The normalized spacial score (nSPS) is 16.9. The molecule has 2 aromatic rings. The van der Waals surface area contributed by atoms with Crippen LogP contribution in [0.2, 0.25) is 0 Å². The van der Waals surface area contributed by atoms with Gasteiger partial charge < -0.3 is 9.88 Å². The van der Waals surface area contributed by atoms with Crippen LogP contribution in [0.15, 0.2) is 24.3 Å². The van der Waals surface area contributed by atoms with E-state index in [1.807, 2.05) is 0 Å². The Morgan fingerprint density at radius 2 is 2.16 bits per heavy atom. The standard InChI is InChI=1S/C16H23N3/c1-3-19-15-7-5-4-6-14(15)18-16(19)11-13(17-2)10-12-8-9-12/h4-7,12-13,17H,3,8-11H2,1-2H3. The Labute approximate surface area is 115 Å². The molecular weight excluding hydrogens is 234 g/mol. The summed E-state index contributed by atoms with van der Waals surface area (Å²) in [6.45, 7) is 3.20. The summed E-state index contributed by atoms with van der Waals surface area (Å²) in [4.78, 5) is 4.82. The average Bonchev–Trinajstić information content (AvgIpc) is 3.17. The first kappa shape index (κ1) is 12.7. The van der Waals surface area contributed by atoms with Crippen molar-refractivity contribution in [3.05, 3.63) is 30.1 Å². The molecule has 0 saturated heterocycles. The lowest BCUT2D eigenvalue weighted by molar-refractivity contribution is 0.474. The fourth-order valence-corrected chi connectivity index (χ4v) is 2.91. The van der Waals surface area contributed by atoms with Crippen molar-refractivity contribution < 1.29 is 0 Å². The molecule has 19 heavy (non-hydrogen) atoms. The van der Waals surface area contributed by atoms with Gasteiger partial charge in [-0.25, -0.2) is 4.98 Å². The quantitative estimate of drug-likeness (QED) is 0.862. The zero-order valence-corrected chi connectivity index (χ0v) is 11.9. The van der Waals surface area contributed by atoms with E-state index in [1.165, 1.54) is 30.6 Å². The second kappa shape index (κ2) is 5.33. The zero-order valence-electron chi connectivity index (χ0n) is 11.9. The third kappa shape index (κ3) is 2.66.